The molecule has 1 aromatic carbocycles. The van der Waals surface area contributed by atoms with Gasteiger partial charge in [-0.05, 0) is 30.0 Å². The largest absolute Gasteiger partial charge is 0.207 e. The zero-order valence-corrected chi connectivity index (χ0v) is 9.19. The smallest absolute Gasteiger partial charge is 0.126 e. The summed E-state index contributed by atoms with van der Waals surface area (Å²) in [6.45, 7) is 9.97. The fourth-order valence-electron chi connectivity index (χ4n) is 1.25. The molecule has 0 heterocycles. The normalized spacial score (nSPS) is 9.46. The third-order valence-corrected chi connectivity index (χ3v) is 1.93. The SMILES string of the molecule is CC.Cc1c(F)cccc1C(C)C. The summed E-state index contributed by atoms with van der Waals surface area (Å²) in [5, 5.41) is 0. The second-order valence-electron chi connectivity index (χ2n) is 3.11. The van der Waals surface area contributed by atoms with Crippen LogP contribution in [0.3, 0.4) is 0 Å². The van der Waals surface area contributed by atoms with Crippen molar-refractivity contribution in [1.29, 1.82) is 0 Å². The minimum absolute atomic E-state index is 0.101. The third-order valence-electron chi connectivity index (χ3n) is 1.93. The minimum Gasteiger partial charge on any atom is -0.207 e. The zero-order valence-electron chi connectivity index (χ0n) is 9.19. The van der Waals surface area contributed by atoms with Crippen LogP contribution in [0.4, 0.5) is 4.39 Å². The van der Waals surface area contributed by atoms with Crippen molar-refractivity contribution in [2.24, 2.45) is 0 Å². The molecule has 0 nitrogen and oxygen atoms in total. The second-order valence-corrected chi connectivity index (χ2v) is 3.11. The molecule has 0 spiro atoms. The van der Waals surface area contributed by atoms with Gasteiger partial charge in [-0.3, -0.25) is 0 Å². The van der Waals surface area contributed by atoms with E-state index in [1.807, 2.05) is 26.8 Å². The van der Waals surface area contributed by atoms with Gasteiger partial charge in [0.25, 0.3) is 0 Å². The van der Waals surface area contributed by atoms with Gasteiger partial charge in [0.2, 0.25) is 0 Å². The Bertz CT molecular complexity index is 251. The standard InChI is InChI=1S/C10H13F.C2H6/c1-7(2)9-5-4-6-10(11)8(9)3;1-2/h4-7H,1-3H3;1-2H3. The van der Waals surface area contributed by atoms with Gasteiger partial charge in [0, 0.05) is 0 Å². The van der Waals surface area contributed by atoms with Crippen LogP contribution < -0.4 is 0 Å². The molecule has 0 radical (unpaired) electrons. The van der Waals surface area contributed by atoms with Crippen LogP contribution in [-0.2, 0) is 0 Å². The lowest BCUT2D eigenvalue weighted by atomic mass is 9.98. The molecule has 1 heteroatoms. The van der Waals surface area contributed by atoms with Crippen LogP contribution in [0.1, 0.15) is 44.7 Å². The molecule has 0 atom stereocenters. The van der Waals surface area contributed by atoms with Crippen LogP contribution in [-0.4, -0.2) is 0 Å². The van der Waals surface area contributed by atoms with E-state index < -0.39 is 0 Å². The van der Waals surface area contributed by atoms with Crippen molar-refractivity contribution in [1.82, 2.24) is 0 Å². The van der Waals surface area contributed by atoms with Gasteiger partial charge in [-0.1, -0.05) is 39.8 Å². The van der Waals surface area contributed by atoms with E-state index in [-0.39, 0.29) is 5.82 Å². The van der Waals surface area contributed by atoms with E-state index in [4.69, 9.17) is 0 Å². The Kier molecular flexibility index (Phi) is 5.36. The predicted octanol–water partition coefficient (Wildman–Crippen LogP) is 4.28. The van der Waals surface area contributed by atoms with Crippen molar-refractivity contribution < 1.29 is 4.39 Å². The lowest BCUT2D eigenvalue weighted by Crippen LogP contribution is -1.93. The number of benzene rings is 1. The first-order valence-corrected chi connectivity index (χ1v) is 4.88. The van der Waals surface area contributed by atoms with Gasteiger partial charge in [-0.2, -0.15) is 0 Å². The fourth-order valence-corrected chi connectivity index (χ4v) is 1.25. The first-order valence-electron chi connectivity index (χ1n) is 4.88. The van der Waals surface area contributed by atoms with Crippen LogP contribution in [0.5, 0.6) is 0 Å². The molecule has 0 amide bonds. The van der Waals surface area contributed by atoms with Crippen LogP contribution >= 0.6 is 0 Å². The minimum atomic E-state index is -0.101. The molecule has 13 heavy (non-hydrogen) atoms. The predicted molar refractivity (Wildman–Crippen MR) is 56.6 cm³/mol. The Morgan fingerprint density at radius 1 is 1.15 bits per heavy atom. The Balaban J connectivity index is 0.000000671. The summed E-state index contributed by atoms with van der Waals surface area (Å²) >= 11 is 0. The van der Waals surface area contributed by atoms with Gasteiger partial charge in [0.1, 0.15) is 5.82 Å². The van der Waals surface area contributed by atoms with Crippen LogP contribution in [0.2, 0.25) is 0 Å². The molecule has 0 aliphatic carbocycles. The zero-order chi connectivity index (χ0) is 10.4. The summed E-state index contributed by atoms with van der Waals surface area (Å²) in [4.78, 5) is 0. The molecule has 0 N–H and O–H groups in total. The van der Waals surface area contributed by atoms with E-state index in [2.05, 4.69) is 13.8 Å². The van der Waals surface area contributed by atoms with Gasteiger partial charge >= 0.3 is 0 Å². The molecule has 0 aromatic heterocycles. The highest BCUT2D eigenvalue weighted by Crippen LogP contribution is 2.20. The maximum atomic E-state index is 12.9. The first-order chi connectivity index (χ1) is 6.13. The highest BCUT2D eigenvalue weighted by Gasteiger charge is 2.05. The molecule has 0 bridgehead atoms. The van der Waals surface area contributed by atoms with Crippen LogP contribution in [0, 0.1) is 12.7 Å². The van der Waals surface area contributed by atoms with Crippen molar-refractivity contribution >= 4 is 0 Å². The summed E-state index contributed by atoms with van der Waals surface area (Å²) in [6, 6.07) is 5.24. The maximum absolute atomic E-state index is 12.9. The second kappa shape index (κ2) is 5.74. The van der Waals surface area contributed by atoms with Crippen molar-refractivity contribution in [2.75, 3.05) is 0 Å². The molecular weight excluding hydrogens is 163 g/mol. The highest BCUT2D eigenvalue weighted by atomic mass is 19.1. The Morgan fingerprint density at radius 2 is 1.69 bits per heavy atom. The van der Waals surface area contributed by atoms with E-state index in [9.17, 15) is 4.39 Å². The Morgan fingerprint density at radius 3 is 2.08 bits per heavy atom. The lowest BCUT2D eigenvalue weighted by molar-refractivity contribution is 0.612. The summed E-state index contributed by atoms with van der Waals surface area (Å²) in [5.74, 6) is 0.307. The van der Waals surface area contributed by atoms with E-state index in [1.54, 1.807) is 6.07 Å². The number of hydrogen-bond acceptors (Lipinski definition) is 0. The van der Waals surface area contributed by atoms with Gasteiger partial charge < -0.3 is 0 Å². The Hall–Kier alpha value is -0.850. The summed E-state index contributed by atoms with van der Waals surface area (Å²) < 4.78 is 12.9. The number of halogens is 1. The average Bonchev–Trinajstić information content (AvgIpc) is 2.13. The van der Waals surface area contributed by atoms with Crippen molar-refractivity contribution in [2.45, 2.75) is 40.5 Å². The molecule has 0 saturated carbocycles. The van der Waals surface area contributed by atoms with E-state index >= 15 is 0 Å². The summed E-state index contributed by atoms with van der Waals surface area (Å²) in [7, 11) is 0. The number of rotatable bonds is 1. The van der Waals surface area contributed by atoms with E-state index in [0.29, 0.717) is 5.92 Å². The van der Waals surface area contributed by atoms with Gasteiger partial charge in [0.05, 0.1) is 0 Å². The molecule has 0 unspecified atom stereocenters. The van der Waals surface area contributed by atoms with Gasteiger partial charge in [0.15, 0.2) is 0 Å². The van der Waals surface area contributed by atoms with Gasteiger partial charge in [-0.15, -0.1) is 0 Å². The van der Waals surface area contributed by atoms with Crippen molar-refractivity contribution in [3.05, 3.63) is 35.1 Å². The molecule has 0 fully saturated rings. The molecule has 74 valence electrons. The van der Waals surface area contributed by atoms with Crippen molar-refractivity contribution in [3.8, 4) is 0 Å². The molecule has 1 aromatic rings. The highest BCUT2D eigenvalue weighted by molar-refractivity contribution is 5.29. The molecule has 1 rings (SSSR count). The molecule has 0 saturated heterocycles. The summed E-state index contributed by atoms with van der Waals surface area (Å²) in [5.41, 5.74) is 1.88. The average molecular weight is 182 g/mol. The maximum Gasteiger partial charge on any atom is 0.126 e. The third kappa shape index (κ3) is 3.17. The van der Waals surface area contributed by atoms with E-state index in [0.717, 1.165) is 11.1 Å². The van der Waals surface area contributed by atoms with Crippen LogP contribution in [0.15, 0.2) is 18.2 Å². The first kappa shape index (κ1) is 12.2. The fraction of sp³-hybridized carbons (Fsp3) is 0.500. The molecular formula is C12H19F. The quantitative estimate of drug-likeness (QED) is 0.608. The van der Waals surface area contributed by atoms with Crippen molar-refractivity contribution in [3.63, 3.8) is 0 Å². The lowest BCUT2D eigenvalue weighted by Gasteiger charge is -2.08. The number of hydrogen-bond donors (Lipinski definition) is 0. The summed E-state index contributed by atoms with van der Waals surface area (Å²) in [6.07, 6.45) is 0. The van der Waals surface area contributed by atoms with Crippen LogP contribution in [0.25, 0.3) is 0 Å². The molecule has 0 aliphatic rings. The molecule has 0 aliphatic heterocycles. The monoisotopic (exact) mass is 182 g/mol. The van der Waals surface area contributed by atoms with E-state index in [1.165, 1.54) is 6.07 Å². The van der Waals surface area contributed by atoms with Gasteiger partial charge in [-0.25, -0.2) is 4.39 Å². The Labute approximate surface area is 80.8 Å². The topological polar surface area (TPSA) is 0 Å².